The molecule has 0 atom stereocenters. The van der Waals surface area contributed by atoms with Crippen molar-refractivity contribution in [1.82, 2.24) is 14.9 Å². The molecule has 5 heteroatoms. The first-order chi connectivity index (χ1) is 15.2. The molecule has 3 aromatic carbocycles. The third-order valence-electron chi connectivity index (χ3n) is 5.24. The predicted octanol–water partition coefficient (Wildman–Crippen LogP) is 4.79. The Morgan fingerprint density at radius 2 is 1.71 bits per heavy atom. The average molecular weight is 414 g/mol. The third kappa shape index (κ3) is 5.31. The summed E-state index contributed by atoms with van der Waals surface area (Å²) >= 11 is 0. The summed E-state index contributed by atoms with van der Waals surface area (Å²) < 4.78 is 8.11. The van der Waals surface area contributed by atoms with Crippen LogP contribution < -0.4 is 10.1 Å². The summed E-state index contributed by atoms with van der Waals surface area (Å²) in [6, 6.07) is 25.6. The number of rotatable bonds is 9. The van der Waals surface area contributed by atoms with E-state index in [9.17, 15) is 4.79 Å². The minimum Gasteiger partial charge on any atom is -0.492 e. The number of para-hydroxylation sites is 3. The molecule has 0 radical (unpaired) electrons. The number of benzene rings is 3. The van der Waals surface area contributed by atoms with Crippen molar-refractivity contribution in [3.05, 3.63) is 95.8 Å². The van der Waals surface area contributed by atoms with Crippen LogP contribution in [0.15, 0.2) is 78.9 Å². The summed E-state index contributed by atoms with van der Waals surface area (Å²) in [5, 5.41) is 3.01. The van der Waals surface area contributed by atoms with Gasteiger partial charge in [-0.3, -0.25) is 4.79 Å². The van der Waals surface area contributed by atoms with Crippen LogP contribution in [0.25, 0.3) is 11.0 Å². The van der Waals surface area contributed by atoms with Gasteiger partial charge in [0.15, 0.2) is 0 Å². The first kappa shape index (κ1) is 20.7. The van der Waals surface area contributed by atoms with E-state index in [0.717, 1.165) is 47.6 Å². The number of fused-ring (bicyclic) bond motifs is 1. The molecule has 0 bridgehead atoms. The smallest absolute Gasteiger partial charge is 0.251 e. The number of carbonyl (C=O) groups is 1. The molecule has 31 heavy (non-hydrogen) atoms. The lowest BCUT2D eigenvalue weighted by molar-refractivity contribution is 0.0953. The monoisotopic (exact) mass is 413 g/mol. The summed E-state index contributed by atoms with van der Waals surface area (Å²) in [5.74, 6) is 1.85. The number of aryl methyl sites for hydroxylation is 2. The normalized spacial score (nSPS) is 10.9. The summed E-state index contributed by atoms with van der Waals surface area (Å²) in [5.41, 5.74) is 3.93. The molecule has 1 aromatic heterocycles. The SMILES string of the molecule is Cc1ccc(C(=O)NCCCc2nc3ccccc3n2CCOc2ccccc2)cc1. The van der Waals surface area contributed by atoms with Gasteiger partial charge < -0.3 is 14.6 Å². The Balaban J connectivity index is 1.36. The van der Waals surface area contributed by atoms with Gasteiger partial charge in [-0.25, -0.2) is 4.98 Å². The summed E-state index contributed by atoms with van der Waals surface area (Å²) in [4.78, 5) is 17.1. The number of nitrogens with one attached hydrogen (secondary N) is 1. The molecule has 0 aliphatic rings. The van der Waals surface area contributed by atoms with Gasteiger partial charge in [-0.05, 0) is 49.7 Å². The molecule has 0 fully saturated rings. The number of aromatic nitrogens is 2. The molecule has 0 spiro atoms. The Morgan fingerprint density at radius 1 is 0.968 bits per heavy atom. The molecule has 4 aromatic rings. The Labute approximate surface area is 182 Å². The molecule has 158 valence electrons. The van der Waals surface area contributed by atoms with Crippen LogP contribution in [0, 0.1) is 6.92 Å². The quantitative estimate of drug-likeness (QED) is 0.402. The fourth-order valence-corrected chi connectivity index (χ4v) is 3.59. The van der Waals surface area contributed by atoms with Crippen LogP contribution in [0.4, 0.5) is 0 Å². The number of imidazole rings is 1. The Kier molecular flexibility index (Phi) is 6.62. The molecule has 0 aliphatic carbocycles. The van der Waals surface area contributed by atoms with Crippen molar-refractivity contribution in [3.63, 3.8) is 0 Å². The Morgan fingerprint density at radius 3 is 2.52 bits per heavy atom. The van der Waals surface area contributed by atoms with E-state index in [2.05, 4.69) is 16.0 Å². The second-order valence-corrected chi connectivity index (χ2v) is 7.56. The van der Waals surface area contributed by atoms with Crippen molar-refractivity contribution in [2.75, 3.05) is 13.2 Å². The molecule has 1 amide bonds. The van der Waals surface area contributed by atoms with Gasteiger partial charge in [0.1, 0.15) is 18.2 Å². The number of ether oxygens (including phenoxy) is 1. The maximum atomic E-state index is 12.3. The lowest BCUT2D eigenvalue weighted by atomic mass is 10.1. The van der Waals surface area contributed by atoms with E-state index in [1.807, 2.05) is 79.7 Å². The molecule has 1 heterocycles. The zero-order valence-corrected chi connectivity index (χ0v) is 17.8. The Hall–Kier alpha value is -3.60. The fourth-order valence-electron chi connectivity index (χ4n) is 3.59. The summed E-state index contributed by atoms with van der Waals surface area (Å²) in [6.45, 7) is 3.91. The van der Waals surface area contributed by atoms with Gasteiger partial charge in [0.25, 0.3) is 5.91 Å². The van der Waals surface area contributed by atoms with E-state index in [0.29, 0.717) is 18.7 Å². The average Bonchev–Trinajstić information content (AvgIpc) is 3.15. The standard InChI is InChI=1S/C26H27N3O2/c1-20-13-15-21(16-14-20)26(30)27-17-7-12-25-28-23-10-5-6-11-24(23)29(25)18-19-31-22-8-3-2-4-9-22/h2-6,8-11,13-16H,7,12,17-19H2,1H3,(H,27,30). The number of nitrogens with zero attached hydrogens (tertiary/aromatic N) is 2. The lowest BCUT2D eigenvalue weighted by Gasteiger charge is -2.11. The van der Waals surface area contributed by atoms with Gasteiger partial charge in [0.05, 0.1) is 17.6 Å². The highest BCUT2D eigenvalue weighted by Gasteiger charge is 2.11. The number of amides is 1. The van der Waals surface area contributed by atoms with Crippen molar-refractivity contribution < 1.29 is 9.53 Å². The van der Waals surface area contributed by atoms with E-state index in [1.54, 1.807) is 0 Å². The second-order valence-electron chi connectivity index (χ2n) is 7.56. The van der Waals surface area contributed by atoms with Crippen molar-refractivity contribution in [1.29, 1.82) is 0 Å². The van der Waals surface area contributed by atoms with E-state index in [4.69, 9.17) is 9.72 Å². The summed E-state index contributed by atoms with van der Waals surface area (Å²) in [7, 11) is 0. The maximum Gasteiger partial charge on any atom is 0.251 e. The van der Waals surface area contributed by atoms with Crippen LogP contribution in [0.2, 0.25) is 0 Å². The maximum absolute atomic E-state index is 12.3. The highest BCUT2D eigenvalue weighted by atomic mass is 16.5. The zero-order chi connectivity index (χ0) is 21.5. The van der Waals surface area contributed by atoms with Gasteiger partial charge in [0.2, 0.25) is 0 Å². The first-order valence-corrected chi connectivity index (χ1v) is 10.7. The van der Waals surface area contributed by atoms with Gasteiger partial charge in [-0.1, -0.05) is 48.0 Å². The highest BCUT2D eigenvalue weighted by molar-refractivity contribution is 5.94. The number of hydrogen-bond donors (Lipinski definition) is 1. The van der Waals surface area contributed by atoms with Crippen molar-refractivity contribution in [3.8, 4) is 5.75 Å². The van der Waals surface area contributed by atoms with Crippen LogP contribution in [0.3, 0.4) is 0 Å². The zero-order valence-electron chi connectivity index (χ0n) is 17.8. The largest absolute Gasteiger partial charge is 0.492 e. The van der Waals surface area contributed by atoms with E-state index < -0.39 is 0 Å². The molecule has 0 unspecified atom stereocenters. The fraction of sp³-hybridized carbons (Fsp3) is 0.231. The summed E-state index contributed by atoms with van der Waals surface area (Å²) in [6.07, 6.45) is 1.61. The van der Waals surface area contributed by atoms with Crippen LogP contribution >= 0.6 is 0 Å². The van der Waals surface area contributed by atoms with Gasteiger partial charge in [0, 0.05) is 18.5 Å². The molecule has 4 rings (SSSR count). The molecular weight excluding hydrogens is 386 g/mol. The van der Waals surface area contributed by atoms with Crippen LogP contribution in [-0.2, 0) is 13.0 Å². The van der Waals surface area contributed by atoms with Crippen LogP contribution in [-0.4, -0.2) is 28.6 Å². The van der Waals surface area contributed by atoms with E-state index in [1.165, 1.54) is 0 Å². The van der Waals surface area contributed by atoms with Crippen LogP contribution in [0.1, 0.15) is 28.2 Å². The molecule has 5 nitrogen and oxygen atoms in total. The van der Waals surface area contributed by atoms with Gasteiger partial charge in [-0.15, -0.1) is 0 Å². The van der Waals surface area contributed by atoms with Crippen LogP contribution in [0.5, 0.6) is 5.75 Å². The topological polar surface area (TPSA) is 56.2 Å². The first-order valence-electron chi connectivity index (χ1n) is 10.7. The van der Waals surface area contributed by atoms with E-state index in [-0.39, 0.29) is 5.91 Å². The van der Waals surface area contributed by atoms with Crippen molar-refractivity contribution >= 4 is 16.9 Å². The van der Waals surface area contributed by atoms with Crippen molar-refractivity contribution in [2.24, 2.45) is 0 Å². The predicted molar refractivity (Wildman–Crippen MR) is 124 cm³/mol. The number of carbonyl (C=O) groups excluding carboxylic acids is 1. The minimum absolute atomic E-state index is 0.0373. The van der Waals surface area contributed by atoms with Crippen molar-refractivity contribution in [2.45, 2.75) is 26.3 Å². The van der Waals surface area contributed by atoms with Gasteiger partial charge in [-0.2, -0.15) is 0 Å². The molecule has 0 saturated carbocycles. The third-order valence-corrected chi connectivity index (χ3v) is 5.24. The van der Waals surface area contributed by atoms with Gasteiger partial charge >= 0.3 is 0 Å². The second kappa shape index (κ2) is 9.94. The lowest BCUT2D eigenvalue weighted by Crippen LogP contribution is -2.25. The highest BCUT2D eigenvalue weighted by Crippen LogP contribution is 2.18. The molecule has 1 N–H and O–H groups in total. The van der Waals surface area contributed by atoms with E-state index >= 15 is 0 Å². The molecule has 0 saturated heterocycles. The minimum atomic E-state index is -0.0373. The Bertz CT molecular complexity index is 1130. The molecular formula is C26H27N3O2. The molecule has 0 aliphatic heterocycles. The number of hydrogen-bond acceptors (Lipinski definition) is 3.